The molecule has 0 aliphatic carbocycles. The van der Waals surface area contributed by atoms with Crippen molar-refractivity contribution >= 4 is 50.8 Å². The third-order valence-electron chi connectivity index (χ3n) is 5.20. The fourth-order valence-electron chi connectivity index (χ4n) is 3.44. The molecule has 2 N–H and O–H groups in total. The molecule has 8 heteroatoms. The molecule has 0 bridgehead atoms. The molecule has 3 rings (SSSR count). The van der Waals surface area contributed by atoms with Crippen LogP contribution in [0.15, 0.2) is 46.9 Å². The Kier molecular flexibility index (Phi) is 9.05. The van der Waals surface area contributed by atoms with Crippen molar-refractivity contribution in [3.05, 3.63) is 58.1 Å². The van der Waals surface area contributed by atoms with Crippen molar-refractivity contribution in [2.75, 3.05) is 25.0 Å². The van der Waals surface area contributed by atoms with Gasteiger partial charge in [0.25, 0.3) is 11.8 Å². The summed E-state index contributed by atoms with van der Waals surface area (Å²) in [5, 5.41) is 5.86. The molecule has 6 nitrogen and oxygen atoms in total. The molecule has 0 radical (unpaired) electrons. The third-order valence-corrected chi connectivity index (χ3v) is 5.90. The quantitative estimate of drug-likeness (QED) is 0.381. The zero-order valence-corrected chi connectivity index (χ0v) is 20.6. The predicted molar refractivity (Wildman–Crippen MR) is 134 cm³/mol. The number of carbonyl (C=O) groups excluding carboxylic acids is 2. The molecule has 0 unspecified atom stereocenters. The number of nitrogens with zero attached hydrogens (tertiary/aromatic N) is 1. The van der Waals surface area contributed by atoms with Gasteiger partial charge in [0.2, 0.25) is 0 Å². The highest BCUT2D eigenvalue weighted by Gasteiger charge is 2.18. The second kappa shape index (κ2) is 12.0. The smallest absolute Gasteiger partial charge is 0.261 e. The van der Waals surface area contributed by atoms with Gasteiger partial charge in [0.15, 0.2) is 5.11 Å². The molecule has 2 aromatic carbocycles. The number of hydrogen-bond donors (Lipinski definition) is 2. The minimum atomic E-state index is -0.354. The Labute approximate surface area is 202 Å². The lowest BCUT2D eigenvalue weighted by Crippen LogP contribution is -2.35. The average Bonchev–Trinajstić information content (AvgIpc) is 2.80. The number of likely N-dealkylation sites (tertiary alicyclic amines) is 1. The molecule has 170 valence electrons. The van der Waals surface area contributed by atoms with Crippen LogP contribution >= 0.6 is 28.1 Å². The SMILES string of the molecule is CCCCOc1ccc(Br)cc1C(=O)NC(=S)Nc1ccc(C(=O)N2CCCCC2)cc1. The summed E-state index contributed by atoms with van der Waals surface area (Å²) >= 11 is 8.71. The fraction of sp³-hybridized carbons (Fsp3) is 0.375. The van der Waals surface area contributed by atoms with E-state index in [1.807, 2.05) is 11.0 Å². The number of nitrogens with one attached hydrogen (secondary N) is 2. The van der Waals surface area contributed by atoms with Crippen LogP contribution in [0.25, 0.3) is 0 Å². The lowest BCUT2D eigenvalue weighted by molar-refractivity contribution is 0.0724. The Morgan fingerprint density at radius 2 is 1.81 bits per heavy atom. The molecular weight excluding hydrogens is 490 g/mol. The predicted octanol–water partition coefficient (Wildman–Crippen LogP) is 5.38. The minimum absolute atomic E-state index is 0.0531. The summed E-state index contributed by atoms with van der Waals surface area (Å²) in [4.78, 5) is 27.3. The second-order valence-electron chi connectivity index (χ2n) is 7.68. The van der Waals surface area contributed by atoms with Gasteiger partial charge < -0.3 is 15.0 Å². The van der Waals surface area contributed by atoms with E-state index < -0.39 is 0 Å². The topological polar surface area (TPSA) is 70.7 Å². The number of ether oxygens (including phenoxy) is 1. The lowest BCUT2D eigenvalue weighted by atomic mass is 10.1. The van der Waals surface area contributed by atoms with Gasteiger partial charge in [0.1, 0.15) is 5.75 Å². The van der Waals surface area contributed by atoms with Gasteiger partial charge in [0, 0.05) is 28.8 Å². The number of hydrogen-bond acceptors (Lipinski definition) is 4. The number of unbranched alkanes of at least 4 members (excludes halogenated alkanes) is 1. The van der Waals surface area contributed by atoms with E-state index in [1.54, 1.807) is 36.4 Å². The summed E-state index contributed by atoms with van der Waals surface area (Å²) in [6, 6.07) is 12.4. The molecule has 32 heavy (non-hydrogen) atoms. The number of thiocarbonyl (C=S) groups is 1. The summed E-state index contributed by atoms with van der Waals surface area (Å²) in [6.07, 6.45) is 5.22. The monoisotopic (exact) mass is 517 g/mol. The lowest BCUT2D eigenvalue weighted by Gasteiger charge is -2.26. The van der Waals surface area contributed by atoms with Gasteiger partial charge >= 0.3 is 0 Å². The first kappa shape index (κ1) is 24.2. The van der Waals surface area contributed by atoms with Crippen molar-refractivity contribution in [3.8, 4) is 5.75 Å². The minimum Gasteiger partial charge on any atom is -0.493 e. The van der Waals surface area contributed by atoms with Gasteiger partial charge in [-0.25, -0.2) is 0 Å². The summed E-state index contributed by atoms with van der Waals surface area (Å²) in [5.74, 6) is 0.215. The zero-order chi connectivity index (χ0) is 22.9. The number of halogens is 1. The molecule has 1 saturated heterocycles. The first-order valence-corrected chi connectivity index (χ1v) is 12.1. The van der Waals surface area contributed by atoms with Gasteiger partial charge in [0.05, 0.1) is 12.2 Å². The van der Waals surface area contributed by atoms with Crippen LogP contribution in [-0.2, 0) is 0 Å². The summed E-state index contributed by atoms with van der Waals surface area (Å²) in [7, 11) is 0. The van der Waals surface area contributed by atoms with Crippen LogP contribution in [0.4, 0.5) is 5.69 Å². The van der Waals surface area contributed by atoms with Crippen LogP contribution < -0.4 is 15.4 Å². The van der Waals surface area contributed by atoms with Gasteiger partial charge in [-0.1, -0.05) is 29.3 Å². The van der Waals surface area contributed by atoms with E-state index in [1.165, 1.54) is 6.42 Å². The second-order valence-corrected chi connectivity index (χ2v) is 9.00. The Morgan fingerprint density at radius 1 is 1.09 bits per heavy atom. The average molecular weight is 518 g/mol. The van der Waals surface area contributed by atoms with Crippen molar-refractivity contribution in [1.82, 2.24) is 10.2 Å². The normalized spacial score (nSPS) is 13.4. The standard InChI is InChI=1S/C24H28BrN3O3S/c1-2-3-15-31-21-12-9-18(25)16-20(21)22(29)27-24(32)26-19-10-7-17(8-11-19)23(30)28-13-5-4-6-14-28/h7-12,16H,2-6,13-15H2,1H3,(H2,26,27,29,32). The zero-order valence-electron chi connectivity index (χ0n) is 18.2. The van der Waals surface area contributed by atoms with Crippen molar-refractivity contribution in [2.24, 2.45) is 0 Å². The van der Waals surface area contributed by atoms with Crippen LogP contribution in [0, 0.1) is 0 Å². The Bertz CT molecular complexity index is 959. The van der Waals surface area contributed by atoms with Crippen molar-refractivity contribution in [1.29, 1.82) is 0 Å². The van der Waals surface area contributed by atoms with Crippen LogP contribution in [0.3, 0.4) is 0 Å². The molecule has 1 aliphatic rings. The van der Waals surface area contributed by atoms with Gasteiger partial charge in [-0.15, -0.1) is 0 Å². The number of anilines is 1. The van der Waals surface area contributed by atoms with Crippen molar-refractivity contribution < 1.29 is 14.3 Å². The molecule has 0 saturated carbocycles. The highest BCUT2D eigenvalue weighted by atomic mass is 79.9. The van der Waals surface area contributed by atoms with Crippen LogP contribution in [0.1, 0.15) is 59.7 Å². The number of piperidine rings is 1. The molecule has 2 aromatic rings. The Morgan fingerprint density at radius 3 is 2.50 bits per heavy atom. The fourth-order valence-corrected chi connectivity index (χ4v) is 4.01. The summed E-state index contributed by atoms with van der Waals surface area (Å²) in [5.41, 5.74) is 1.75. The summed E-state index contributed by atoms with van der Waals surface area (Å²) in [6.45, 7) is 4.26. The number of benzene rings is 2. The molecule has 2 amide bonds. The third kappa shape index (κ3) is 6.77. The van der Waals surface area contributed by atoms with E-state index in [0.717, 1.165) is 43.2 Å². The van der Waals surface area contributed by atoms with Crippen molar-refractivity contribution in [2.45, 2.75) is 39.0 Å². The molecule has 1 heterocycles. The Hall–Kier alpha value is -2.45. The molecule has 0 aromatic heterocycles. The van der Waals surface area contributed by atoms with E-state index in [2.05, 4.69) is 33.5 Å². The number of carbonyl (C=O) groups is 2. The molecule has 1 fully saturated rings. The van der Waals surface area contributed by atoms with Crippen LogP contribution in [0.5, 0.6) is 5.75 Å². The first-order valence-electron chi connectivity index (χ1n) is 10.9. The van der Waals surface area contributed by atoms with Gasteiger partial charge in [-0.3, -0.25) is 14.9 Å². The van der Waals surface area contributed by atoms with E-state index in [0.29, 0.717) is 29.2 Å². The van der Waals surface area contributed by atoms with E-state index in [4.69, 9.17) is 17.0 Å². The first-order chi connectivity index (χ1) is 15.5. The maximum atomic E-state index is 12.8. The Balaban J connectivity index is 1.59. The molecule has 0 atom stereocenters. The van der Waals surface area contributed by atoms with Gasteiger partial charge in [-0.2, -0.15) is 0 Å². The van der Waals surface area contributed by atoms with Crippen LogP contribution in [-0.4, -0.2) is 41.5 Å². The van der Waals surface area contributed by atoms with E-state index in [-0.39, 0.29) is 16.9 Å². The highest BCUT2D eigenvalue weighted by molar-refractivity contribution is 9.10. The molecule has 0 spiro atoms. The van der Waals surface area contributed by atoms with Crippen LogP contribution in [0.2, 0.25) is 0 Å². The summed E-state index contributed by atoms with van der Waals surface area (Å²) < 4.78 is 6.53. The number of amides is 2. The molecular formula is C24H28BrN3O3S. The number of rotatable bonds is 7. The molecule has 1 aliphatic heterocycles. The highest BCUT2D eigenvalue weighted by Crippen LogP contribution is 2.24. The maximum Gasteiger partial charge on any atom is 0.261 e. The maximum absolute atomic E-state index is 12.8. The van der Waals surface area contributed by atoms with Crippen molar-refractivity contribution in [3.63, 3.8) is 0 Å². The van der Waals surface area contributed by atoms with E-state index >= 15 is 0 Å². The largest absolute Gasteiger partial charge is 0.493 e. The van der Waals surface area contributed by atoms with Gasteiger partial charge in [-0.05, 0) is 80.4 Å². The van der Waals surface area contributed by atoms with E-state index in [9.17, 15) is 9.59 Å².